The number of amides is 1. The third kappa shape index (κ3) is 5.59. The highest BCUT2D eigenvalue weighted by Crippen LogP contribution is 2.24. The number of hydrogen-bond acceptors (Lipinski definition) is 8. The lowest BCUT2D eigenvalue weighted by Crippen LogP contribution is -2.26. The first-order valence-electron chi connectivity index (χ1n) is 10.6. The molecule has 3 aromatic heterocycles. The van der Waals surface area contributed by atoms with Gasteiger partial charge in [0, 0.05) is 19.4 Å². The smallest absolute Gasteiger partial charge is 0.220 e. The van der Waals surface area contributed by atoms with Crippen molar-refractivity contribution in [3.8, 4) is 11.5 Å². The maximum absolute atomic E-state index is 12.4. The Kier molecular flexibility index (Phi) is 7.03. The number of furan rings is 1. The first-order valence-corrected chi connectivity index (χ1v) is 10.6. The molecule has 0 fully saturated rings. The van der Waals surface area contributed by atoms with Crippen LogP contribution in [0.5, 0.6) is 11.5 Å². The van der Waals surface area contributed by atoms with Crippen molar-refractivity contribution in [1.29, 1.82) is 0 Å². The van der Waals surface area contributed by atoms with Crippen LogP contribution in [0.3, 0.4) is 0 Å². The van der Waals surface area contributed by atoms with Gasteiger partial charge >= 0.3 is 0 Å². The van der Waals surface area contributed by atoms with Crippen molar-refractivity contribution in [2.45, 2.75) is 25.8 Å². The molecule has 33 heavy (non-hydrogen) atoms. The number of carbonyl (C=O) groups excluding carboxylic acids is 1. The molecule has 0 saturated heterocycles. The Balaban J connectivity index is 1.30. The molecule has 3 heterocycles. The summed E-state index contributed by atoms with van der Waals surface area (Å²) < 4.78 is 17.6. The molecule has 0 unspecified atom stereocenters. The zero-order valence-electron chi connectivity index (χ0n) is 18.6. The summed E-state index contributed by atoms with van der Waals surface area (Å²) in [6.07, 6.45) is 2.96. The molecular formula is C23H26N6O4. The van der Waals surface area contributed by atoms with Gasteiger partial charge in [-0.05, 0) is 54.4 Å². The second-order valence-electron chi connectivity index (χ2n) is 7.32. The normalized spacial score (nSPS) is 10.8. The van der Waals surface area contributed by atoms with Crippen LogP contribution in [0.25, 0.3) is 5.65 Å². The molecule has 0 saturated carbocycles. The van der Waals surface area contributed by atoms with Crippen molar-refractivity contribution < 1.29 is 18.7 Å². The number of ether oxygens (including phenoxy) is 2. The Morgan fingerprint density at radius 3 is 2.79 bits per heavy atom. The fourth-order valence-electron chi connectivity index (χ4n) is 3.40. The van der Waals surface area contributed by atoms with Gasteiger partial charge in [0.25, 0.3) is 0 Å². The Labute approximate surface area is 190 Å². The first-order chi connectivity index (χ1) is 16.2. The maximum atomic E-state index is 12.4. The number of methoxy groups -OCH3 is 2. The van der Waals surface area contributed by atoms with E-state index in [-0.39, 0.29) is 12.3 Å². The van der Waals surface area contributed by atoms with E-state index in [0.29, 0.717) is 43.2 Å². The average molecular weight is 450 g/mol. The number of carbonyl (C=O) groups is 1. The minimum atomic E-state index is -0.0688. The summed E-state index contributed by atoms with van der Waals surface area (Å²) in [6, 6.07) is 13.0. The van der Waals surface area contributed by atoms with Gasteiger partial charge in [-0.15, -0.1) is 15.3 Å². The van der Waals surface area contributed by atoms with Crippen LogP contribution in [0.1, 0.15) is 23.6 Å². The van der Waals surface area contributed by atoms with Gasteiger partial charge in [0.2, 0.25) is 5.91 Å². The summed E-state index contributed by atoms with van der Waals surface area (Å²) in [5, 5.41) is 19.0. The lowest BCUT2D eigenvalue weighted by molar-refractivity contribution is -0.121. The topological polar surface area (TPSA) is 116 Å². The summed E-state index contributed by atoms with van der Waals surface area (Å²) in [5.41, 5.74) is 1.60. The SMILES string of the molecule is COc1ccc(OC)c(CCNC(=O)CCc2nnc3ccc(NCc4ccco4)nn23)c1. The average Bonchev–Trinajstić information content (AvgIpc) is 3.51. The van der Waals surface area contributed by atoms with Crippen LogP contribution in [0.2, 0.25) is 0 Å². The van der Waals surface area contributed by atoms with Gasteiger partial charge in [-0.3, -0.25) is 4.79 Å². The molecule has 0 atom stereocenters. The molecule has 10 heteroatoms. The van der Waals surface area contributed by atoms with Gasteiger partial charge in [0.05, 0.1) is 27.0 Å². The molecule has 10 nitrogen and oxygen atoms in total. The molecular weight excluding hydrogens is 424 g/mol. The van der Waals surface area contributed by atoms with Gasteiger partial charge in [0.1, 0.15) is 23.1 Å². The van der Waals surface area contributed by atoms with Gasteiger partial charge in [-0.1, -0.05) is 0 Å². The molecule has 4 rings (SSSR count). The number of benzene rings is 1. The highest BCUT2D eigenvalue weighted by molar-refractivity contribution is 5.76. The van der Waals surface area contributed by atoms with Gasteiger partial charge < -0.3 is 24.5 Å². The predicted octanol–water partition coefficient (Wildman–Crippen LogP) is 2.64. The molecule has 0 aliphatic heterocycles. The number of fused-ring (bicyclic) bond motifs is 1. The second-order valence-corrected chi connectivity index (χ2v) is 7.32. The summed E-state index contributed by atoms with van der Waals surface area (Å²) in [4.78, 5) is 12.4. The highest BCUT2D eigenvalue weighted by atomic mass is 16.5. The molecule has 0 aliphatic carbocycles. The quantitative estimate of drug-likeness (QED) is 0.358. The minimum Gasteiger partial charge on any atom is -0.497 e. The number of aryl methyl sites for hydroxylation is 1. The van der Waals surface area contributed by atoms with Gasteiger partial charge in [0.15, 0.2) is 11.5 Å². The number of aromatic nitrogens is 4. The monoisotopic (exact) mass is 450 g/mol. The van der Waals surface area contributed by atoms with Crippen molar-refractivity contribution in [3.05, 3.63) is 65.9 Å². The number of nitrogens with zero attached hydrogens (tertiary/aromatic N) is 4. The molecule has 1 aromatic carbocycles. The molecule has 0 spiro atoms. The van der Waals surface area contributed by atoms with Crippen molar-refractivity contribution in [3.63, 3.8) is 0 Å². The van der Waals surface area contributed by atoms with E-state index in [2.05, 4.69) is 25.9 Å². The number of nitrogens with one attached hydrogen (secondary N) is 2. The molecule has 2 N–H and O–H groups in total. The summed E-state index contributed by atoms with van der Waals surface area (Å²) in [5.74, 6) is 3.54. The van der Waals surface area contributed by atoms with Crippen LogP contribution in [-0.2, 0) is 24.2 Å². The molecule has 172 valence electrons. The number of rotatable bonds is 11. The maximum Gasteiger partial charge on any atom is 0.220 e. The third-order valence-corrected chi connectivity index (χ3v) is 5.13. The van der Waals surface area contributed by atoms with E-state index >= 15 is 0 Å². The highest BCUT2D eigenvalue weighted by Gasteiger charge is 2.11. The van der Waals surface area contributed by atoms with Crippen LogP contribution < -0.4 is 20.1 Å². The van der Waals surface area contributed by atoms with E-state index in [1.165, 1.54) is 0 Å². The van der Waals surface area contributed by atoms with E-state index in [4.69, 9.17) is 13.9 Å². The van der Waals surface area contributed by atoms with Crippen LogP contribution in [0, 0.1) is 0 Å². The number of anilines is 1. The predicted molar refractivity (Wildman–Crippen MR) is 121 cm³/mol. The van der Waals surface area contributed by atoms with E-state index in [9.17, 15) is 4.79 Å². The minimum absolute atomic E-state index is 0.0688. The van der Waals surface area contributed by atoms with E-state index in [0.717, 1.165) is 22.8 Å². The largest absolute Gasteiger partial charge is 0.497 e. The molecule has 0 bridgehead atoms. The summed E-state index contributed by atoms with van der Waals surface area (Å²) >= 11 is 0. The van der Waals surface area contributed by atoms with E-state index in [1.54, 1.807) is 25.0 Å². The molecule has 1 amide bonds. The Bertz CT molecular complexity index is 1210. The van der Waals surface area contributed by atoms with E-state index < -0.39 is 0 Å². The first kappa shape index (κ1) is 22.1. The van der Waals surface area contributed by atoms with E-state index in [1.807, 2.05) is 42.5 Å². The number of hydrogen-bond donors (Lipinski definition) is 2. The Morgan fingerprint density at radius 2 is 2.00 bits per heavy atom. The lowest BCUT2D eigenvalue weighted by Gasteiger charge is -2.11. The Hall–Kier alpha value is -4.08. The lowest BCUT2D eigenvalue weighted by atomic mass is 10.1. The van der Waals surface area contributed by atoms with Gasteiger partial charge in [-0.25, -0.2) is 0 Å². The van der Waals surface area contributed by atoms with Crippen molar-refractivity contribution in [2.75, 3.05) is 26.1 Å². The van der Waals surface area contributed by atoms with Crippen molar-refractivity contribution >= 4 is 17.4 Å². The fourth-order valence-corrected chi connectivity index (χ4v) is 3.40. The van der Waals surface area contributed by atoms with Crippen molar-refractivity contribution in [2.24, 2.45) is 0 Å². The fraction of sp³-hybridized carbons (Fsp3) is 0.304. The summed E-state index contributed by atoms with van der Waals surface area (Å²) in [6.45, 7) is 1.01. The third-order valence-electron chi connectivity index (χ3n) is 5.13. The summed E-state index contributed by atoms with van der Waals surface area (Å²) in [7, 11) is 3.24. The van der Waals surface area contributed by atoms with Crippen LogP contribution in [-0.4, -0.2) is 46.5 Å². The van der Waals surface area contributed by atoms with Crippen LogP contribution in [0.15, 0.2) is 53.1 Å². The van der Waals surface area contributed by atoms with Crippen LogP contribution in [0.4, 0.5) is 5.82 Å². The molecule has 4 aromatic rings. The second kappa shape index (κ2) is 10.5. The van der Waals surface area contributed by atoms with Gasteiger partial charge in [-0.2, -0.15) is 4.52 Å². The van der Waals surface area contributed by atoms with Crippen LogP contribution >= 0.6 is 0 Å². The molecule has 0 radical (unpaired) electrons. The zero-order valence-corrected chi connectivity index (χ0v) is 18.6. The molecule has 0 aliphatic rings. The Morgan fingerprint density at radius 1 is 1.09 bits per heavy atom. The standard InChI is InChI=1S/C23H26N6O4/c1-31-17-5-6-19(32-2)16(14-17)11-12-24-23(30)10-9-22-27-26-21-8-7-20(28-29(21)22)25-15-18-4-3-13-33-18/h3-8,13-14H,9-12,15H2,1-2H3,(H,24,30)(H,25,28). The zero-order chi connectivity index (χ0) is 23.0. The van der Waals surface area contributed by atoms with Crippen molar-refractivity contribution in [1.82, 2.24) is 25.1 Å².